The summed E-state index contributed by atoms with van der Waals surface area (Å²) in [4.78, 5) is 0. The molecule has 80 valence electrons. The summed E-state index contributed by atoms with van der Waals surface area (Å²) in [6, 6.07) is 10.1. The lowest BCUT2D eigenvalue weighted by Gasteiger charge is -2.17. The fourth-order valence-corrected chi connectivity index (χ4v) is 0.995. The summed E-state index contributed by atoms with van der Waals surface area (Å²) in [6.45, 7) is 0. The van der Waals surface area contributed by atoms with Crippen LogP contribution in [-0.2, 0) is 0 Å². The standard InChI is InChI=1S/C9H7O.ClHO4/c1-2-4-9-7-10-6-5-8(9)3-1;2-1(3,4)5/h1-7H;(H,2,3,4,5)/q+1;/p-1. The van der Waals surface area contributed by atoms with E-state index in [1.807, 2.05) is 24.3 Å². The van der Waals surface area contributed by atoms with Gasteiger partial charge in [-0.3, -0.25) is 0 Å². The maximum atomic E-state index is 8.49. The van der Waals surface area contributed by atoms with Gasteiger partial charge in [-0.15, -0.1) is 10.2 Å². The minimum absolute atomic E-state index is 1.14. The number of benzene rings is 1. The Morgan fingerprint density at radius 1 is 0.867 bits per heavy atom. The van der Waals surface area contributed by atoms with Crippen LogP contribution in [0.25, 0.3) is 10.8 Å². The van der Waals surface area contributed by atoms with Crippen molar-refractivity contribution in [2.75, 3.05) is 0 Å². The van der Waals surface area contributed by atoms with Crippen molar-refractivity contribution in [2.24, 2.45) is 0 Å². The molecular formula is C9H7ClO5. The molecule has 0 saturated carbocycles. The van der Waals surface area contributed by atoms with Crippen LogP contribution < -0.4 is 18.6 Å². The van der Waals surface area contributed by atoms with E-state index in [9.17, 15) is 0 Å². The summed E-state index contributed by atoms with van der Waals surface area (Å²) >= 11 is 0. The lowest BCUT2D eigenvalue weighted by atomic mass is 10.2. The molecule has 0 saturated heterocycles. The Bertz CT molecular complexity index is 355. The van der Waals surface area contributed by atoms with Crippen LogP contribution in [0.1, 0.15) is 0 Å². The van der Waals surface area contributed by atoms with Crippen molar-refractivity contribution in [3.63, 3.8) is 0 Å². The highest BCUT2D eigenvalue weighted by Gasteiger charge is 1.94. The molecule has 1 heterocycles. The van der Waals surface area contributed by atoms with Crippen LogP contribution in [0.4, 0.5) is 0 Å². The molecule has 0 atom stereocenters. The second kappa shape index (κ2) is 5.01. The van der Waals surface area contributed by atoms with Crippen molar-refractivity contribution >= 4 is 10.8 Å². The van der Waals surface area contributed by atoms with Crippen LogP contribution in [0.2, 0.25) is 0 Å². The molecule has 0 N–H and O–H groups in total. The Morgan fingerprint density at radius 3 is 1.93 bits per heavy atom. The van der Waals surface area contributed by atoms with Crippen molar-refractivity contribution in [2.45, 2.75) is 0 Å². The topological polar surface area (TPSA) is 104 Å². The van der Waals surface area contributed by atoms with Gasteiger partial charge in [0.2, 0.25) is 0 Å². The van der Waals surface area contributed by atoms with Gasteiger partial charge < -0.3 is 0 Å². The first-order chi connectivity index (χ1) is 6.97. The van der Waals surface area contributed by atoms with E-state index >= 15 is 0 Å². The predicted molar refractivity (Wildman–Crippen MR) is 40.6 cm³/mol. The lowest BCUT2D eigenvalue weighted by Crippen LogP contribution is -2.68. The third-order valence-corrected chi connectivity index (χ3v) is 1.52. The van der Waals surface area contributed by atoms with Gasteiger partial charge >= 0.3 is 12.5 Å². The minimum atomic E-state index is -4.94. The summed E-state index contributed by atoms with van der Waals surface area (Å²) in [7, 11) is -4.94. The Morgan fingerprint density at radius 2 is 1.40 bits per heavy atom. The van der Waals surface area contributed by atoms with E-state index in [-0.39, 0.29) is 0 Å². The molecule has 0 fully saturated rings. The largest absolute Gasteiger partial charge is 0.325 e. The fraction of sp³-hybridized carbons (Fsp3) is 0. The predicted octanol–water partition coefficient (Wildman–Crippen LogP) is -2.04. The van der Waals surface area contributed by atoms with Gasteiger partial charge in [0, 0.05) is 6.07 Å². The van der Waals surface area contributed by atoms with Crippen molar-refractivity contribution in [1.29, 1.82) is 0 Å². The summed E-state index contributed by atoms with van der Waals surface area (Å²) in [5.74, 6) is 0. The lowest BCUT2D eigenvalue weighted by molar-refractivity contribution is -2.00. The zero-order chi connectivity index (χ0) is 11.3. The Balaban J connectivity index is 0.000000195. The van der Waals surface area contributed by atoms with E-state index in [0.717, 1.165) is 5.39 Å². The van der Waals surface area contributed by atoms with Crippen LogP contribution in [0.5, 0.6) is 0 Å². The van der Waals surface area contributed by atoms with Gasteiger partial charge in [-0.1, -0.05) is 18.2 Å². The van der Waals surface area contributed by atoms with Crippen molar-refractivity contribution in [3.05, 3.63) is 42.9 Å². The normalized spacial score (nSPS) is 10.7. The highest BCUT2D eigenvalue weighted by atomic mass is 35.7. The molecule has 0 bridgehead atoms. The Hall–Kier alpha value is -1.24. The van der Waals surface area contributed by atoms with E-state index in [4.69, 9.17) is 23.1 Å². The number of halogens is 1. The first kappa shape index (κ1) is 11.8. The molecule has 2 rings (SSSR count). The summed E-state index contributed by atoms with van der Waals surface area (Å²) < 4.78 is 39.0. The molecule has 2 aromatic rings. The molecule has 0 radical (unpaired) electrons. The van der Waals surface area contributed by atoms with Gasteiger partial charge in [0.25, 0.3) is 0 Å². The molecule has 1 aromatic heterocycles. The van der Waals surface area contributed by atoms with Crippen LogP contribution in [0.3, 0.4) is 0 Å². The average molecular weight is 231 g/mol. The van der Waals surface area contributed by atoms with Crippen LogP contribution in [0.15, 0.2) is 47.3 Å². The quantitative estimate of drug-likeness (QED) is 0.485. The molecule has 5 nitrogen and oxygen atoms in total. The van der Waals surface area contributed by atoms with Gasteiger partial charge in [-0.2, -0.15) is 0 Å². The highest BCUT2D eigenvalue weighted by molar-refractivity contribution is 5.80. The van der Waals surface area contributed by atoms with E-state index in [2.05, 4.69) is 6.07 Å². The molecule has 0 unspecified atom stereocenters. The monoisotopic (exact) mass is 230 g/mol. The maximum Gasteiger partial charge on any atom is 0.325 e. The highest BCUT2D eigenvalue weighted by Crippen LogP contribution is 2.11. The molecule has 1 aromatic carbocycles. The second-order valence-electron chi connectivity index (χ2n) is 2.56. The number of rotatable bonds is 0. The smallest absolute Gasteiger partial charge is 0.224 e. The van der Waals surface area contributed by atoms with Gasteiger partial charge in [-0.25, -0.2) is 23.1 Å². The van der Waals surface area contributed by atoms with Crippen molar-refractivity contribution in [3.8, 4) is 0 Å². The molecule has 0 aliphatic carbocycles. The molecule has 6 heteroatoms. The summed E-state index contributed by atoms with van der Waals surface area (Å²) in [5, 5.41) is 2.36. The van der Waals surface area contributed by atoms with Crippen LogP contribution in [-0.4, -0.2) is 0 Å². The van der Waals surface area contributed by atoms with Gasteiger partial charge in [0.05, 0.1) is 5.39 Å². The average Bonchev–Trinajstić information content (AvgIpc) is 2.16. The Kier molecular flexibility index (Phi) is 3.96. The van der Waals surface area contributed by atoms with Crippen LogP contribution in [0, 0.1) is 10.2 Å². The molecule has 0 spiro atoms. The van der Waals surface area contributed by atoms with Crippen molar-refractivity contribution < 1.29 is 33.3 Å². The molecule has 0 aliphatic heterocycles. The van der Waals surface area contributed by atoms with Gasteiger partial charge in [0.15, 0.2) is 0 Å². The molecule has 15 heavy (non-hydrogen) atoms. The second-order valence-corrected chi connectivity index (χ2v) is 3.32. The zero-order valence-electron chi connectivity index (χ0n) is 7.46. The number of fused-ring (bicyclic) bond motifs is 1. The first-order valence-electron chi connectivity index (χ1n) is 3.83. The fourth-order valence-electron chi connectivity index (χ4n) is 0.995. The summed E-state index contributed by atoms with van der Waals surface area (Å²) in [5.41, 5.74) is 0. The zero-order valence-corrected chi connectivity index (χ0v) is 8.22. The van der Waals surface area contributed by atoms with E-state index < -0.39 is 10.2 Å². The number of hydrogen-bond acceptors (Lipinski definition) is 4. The SMILES string of the molecule is [O-][Cl+3]([O-])([O-])[O-].c1ccc2c[o+]ccc2c1. The molecular weight excluding hydrogens is 224 g/mol. The first-order valence-corrected chi connectivity index (χ1v) is 5.06. The van der Waals surface area contributed by atoms with E-state index in [1.165, 1.54) is 5.39 Å². The van der Waals surface area contributed by atoms with Gasteiger partial charge in [0.1, 0.15) is 0 Å². The van der Waals surface area contributed by atoms with Crippen LogP contribution >= 0.6 is 0 Å². The summed E-state index contributed by atoms with van der Waals surface area (Å²) in [6.07, 6.45) is 3.43. The van der Waals surface area contributed by atoms with Crippen molar-refractivity contribution in [1.82, 2.24) is 0 Å². The third kappa shape index (κ3) is 5.26. The van der Waals surface area contributed by atoms with E-state index in [0.29, 0.717) is 0 Å². The number of hydrogen-bond donors (Lipinski definition) is 0. The minimum Gasteiger partial charge on any atom is -0.224 e. The van der Waals surface area contributed by atoms with E-state index in [1.54, 1.807) is 12.5 Å². The molecule has 0 aliphatic rings. The maximum absolute atomic E-state index is 8.49. The third-order valence-electron chi connectivity index (χ3n) is 1.52. The Labute approximate surface area is 87.6 Å². The van der Waals surface area contributed by atoms with Gasteiger partial charge in [-0.05, 0) is 11.5 Å². The molecule has 0 amide bonds.